The van der Waals surface area contributed by atoms with Crippen molar-refractivity contribution in [3.63, 3.8) is 0 Å². The van der Waals surface area contributed by atoms with Gasteiger partial charge in [-0.2, -0.15) is 0 Å². The van der Waals surface area contributed by atoms with Crippen molar-refractivity contribution in [2.75, 3.05) is 37.8 Å². The second kappa shape index (κ2) is 7.38. The largest absolute Gasteiger partial charge is 0.376 e. The summed E-state index contributed by atoms with van der Waals surface area (Å²) >= 11 is 0. The fourth-order valence-electron chi connectivity index (χ4n) is 2.22. The number of amides is 1. The molecule has 0 saturated carbocycles. The van der Waals surface area contributed by atoms with Gasteiger partial charge in [-0.15, -0.1) is 0 Å². The Labute approximate surface area is 119 Å². The number of nitrogens with zero attached hydrogens (tertiary/aromatic N) is 1. The van der Waals surface area contributed by atoms with Crippen LogP contribution in [-0.2, 0) is 14.3 Å². The van der Waals surface area contributed by atoms with Gasteiger partial charge in [0, 0.05) is 12.2 Å². The van der Waals surface area contributed by atoms with E-state index in [1.54, 1.807) is 4.90 Å². The van der Waals surface area contributed by atoms with E-state index in [1.807, 2.05) is 31.2 Å². The molecule has 0 aromatic heterocycles. The van der Waals surface area contributed by atoms with Crippen molar-refractivity contribution < 1.29 is 14.3 Å². The fraction of sp³-hybridized carbons (Fsp3) is 0.533. The van der Waals surface area contributed by atoms with Gasteiger partial charge >= 0.3 is 0 Å². The fourth-order valence-corrected chi connectivity index (χ4v) is 2.22. The summed E-state index contributed by atoms with van der Waals surface area (Å²) < 4.78 is 10.8. The van der Waals surface area contributed by atoms with Gasteiger partial charge in [-0.05, 0) is 37.6 Å². The van der Waals surface area contributed by atoms with E-state index in [0.29, 0.717) is 32.9 Å². The molecule has 0 bridgehead atoms. The average Bonchev–Trinajstić information content (AvgIpc) is 2.48. The predicted molar refractivity (Wildman–Crippen MR) is 77.8 cm³/mol. The molecule has 1 aromatic carbocycles. The molecule has 1 saturated heterocycles. The molecule has 1 fully saturated rings. The van der Waals surface area contributed by atoms with Gasteiger partial charge in [-0.25, -0.2) is 0 Å². The number of carbonyl (C=O) groups excluding carboxylic acids is 1. The van der Waals surface area contributed by atoms with Gasteiger partial charge in [0.05, 0.1) is 19.8 Å². The lowest BCUT2D eigenvalue weighted by Crippen LogP contribution is -2.46. The Morgan fingerprint density at radius 2 is 2.30 bits per heavy atom. The number of carbonyl (C=O) groups is 1. The van der Waals surface area contributed by atoms with E-state index >= 15 is 0 Å². The number of hydrogen-bond donors (Lipinski definition) is 1. The molecule has 0 spiro atoms. The van der Waals surface area contributed by atoms with Crippen LogP contribution in [-0.4, -0.2) is 44.9 Å². The Balaban J connectivity index is 2.15. The van der Waals surface area contributed by atoms with Crippen LogP contribution in [0.4, 0.5) is 5.69 Å². The Hall–Kier alpha value is -1.43. The minimum Gasteiger partial charge on any atom is -0.376 e. The lowest BCUT2D eigenvalue weighted by Gasteiger charge is -2.29. The van der Waals surface area contributed by atoms with E-state index in [1.165, 1.54) is 0 Å². The van der Waals surface area contributed by atoms with E-state index in [9.17, 15) is 4.79 Å². The number of hydrogen-bond acceptors (Lipinski definition) is 4. The zero-order valence-corrected chi connectivity index (χ0v) is 11.9. The van der Waals surface area contributed by atoms with E-state index < -0.39 is 6.10 Å². The van der Waals surface area contributed by atoms with Gasteiger partial charge in [0.1, 0.15) is 0 Å². The molecule has 2 rings (SSSR count). The van der Waals surface area contributed by atoms with E-state index in [4.69, 9.17) is 15.2 Å². The molecule has 1 aliphatic heterocycles. The predicted octanol–water partition coefficient (Wildman–Crippen LogP) is 1.09. The van der Waals surface area contributed by atoms with Crippen LogP contribution in [0.15, 0.2) is 24.3 Å². The molecular weight excluding hydrogens is 256 g/mol. The highest BCUT2D eigenvalue weighted by molar-refractivity contribution is 5.96. The third-order valence-electron chi connectivity index (χ3n) is 3.26. The number of ether oxygens (including phenoxy) is 2. The molecule has 0 aliphatic carbocycles. The van der Waals surface area contributed by atoms with Gasteiger partial charge < -0.3 is 20.1 Å². The summed E-state index contributed by atoms with van der Waals surface area (Å²) in [4.78, 5) is 14.3. The molecule has 1 unspecified atom stereocenters. The highest BCUT2D eigenvalue weighted by Crippen LogP contribution is 2.19. The second-order valence-electron chi connectivity index (χ2n) is 4.91. The van der Waals surface area contributed by atoms with Crippen LogP contribution < -0.4 is 10.6 Å². The minimum atomic E-state index is -0.512. The number of nitrogens with two attached hydrogens (primary N) is 1. The van der Waals surface area contributed by atoms with E-state index in [0.717, 1.165) is 17.7 Å². The molecule has 5 heteroatoms. The Morgan fingerprint density at radius 1 is 1.45 bits per heavy atom. The second-order valence-corrected chi connectivity index (χ2v) is 4.91. The highest BCUT2D eigenvalue weighted by atomic mass is 16.6. The SMILES string of the molecule is Cc1cccc(N(CCCN)C(=O)C2COCCO2)c1. The number of anilines is 1. The maximum Gasteiger partial charge on any atom is 0.258 e. The van der Waals surface area contributed by atoms with Crippen LogP contribution in [0, 0.1) is 6.92 Å². The Morgan fingerprint density at radius 3 is 2.95 bits per heavy atom. The summed E-state index contributed by atoms with van der Waals surface area (Å²) in [5.74, 6) is -0.0521. The Kier molecular flexibility index (Phi) is 5.52. The molecular formula is C15H22N2O3. The first-order chi connectivity index (χ1) is 9.72. The lowest BCUT2D eigenvalue weighted by atomic mass is 10.1. The summed E-state index contributed by atoms with van der Waals surface area (Å²) in [7, 11) is 0. The summed E-state index contributed by atoms with van der Waals surface area (Å²) in [6.07, 6.45) is 0.245. The molecule has 1 amide bonds. The monoisotopic (exact) mass is 278 g/mol. The lowest BCUT2D eigenvalue weighted by molar-refractivity contribution is -0.144. The normalized spacial score (nSPS) is 18.8. The molecule has 0 radical (unpaired) electrons. The van der Waals surface area contributed by atoms with Crippen molar-refractivity contribution in [2.45, 2.75) is 19.4 Å². The van der Waals surface area contributed by atoms with E-state index in [2.05, 4.69) is 0 Å². The van der Waals surface area contributed by atoms with Crippen molar-refractivity contribution in [2.24, 2.45) is 5.73 Å². The van der Waals surface area contributed by atoms with Gasteiger partial charge in [-0.1, -0.05) is 12.1 Å². The average molecular weight is 278 g/mol. The topological polar surface area (TPSA) is 64.8 Å². The standard InChI is InChI=1S/C15H22N2O3/c1-12-4-2-5-13(10-12)17(7-3-6-16)15(18)14-11-19-8-9-20-14/h2,4-5,10,14H,3,6-9,11,16H2,1H3. The van der Waals surface area contributed by atoms with Crippen LogP contribution in [0.5, 0.6) is 0 Å². The van der Waals surface area contributed by atoms with Crippen molar-refractivity contribution in [3.05, 3.63) is 29.8 Å². The van der Waals surface area contributed by atoms with Gasteiger partial charge in [0.15, 0.2) is 6.10 Å². The van der Waals surface area contributed by atoms with Crippen molar-refractivity contribution in [1.29, 1.82) is 0 Å². The zero-order chi connectivity index (χ0) is 14.4. The quantitative estimate of drug-likeness (QED) is 0.875. The molecule has 1 aliphatic rings. The van der Waals surface area contributed by atoms with Crippen molar-refractivity contribution in [1.82, 2.24) is 0 Å². The maximum atomic E-state index is 12.6. The van der Waals surface area contributed by atoms with Crippen LogP contribution in [0.25, 0.3) is 0 Å². The van der Waals surface area contributed by atoms with Crippen LogP contribution >= 0.6 is 0 Å². The molecule has 1 heterocycles. The first-order valence-corrected chi connectivity index (χ1v) is 7.00. The van der Waals surface area contributed by atoms with Crippen molar-refractivity contribution in [3.8, 4) is 0 Å². The summed E-state index contributed by atoms with van der Waals surface area (Å²) in [6, 6.07) is 7.89. The van der Waals surface area contributed by atoms with Crippen LogP contribution in [0.1, 0.15) is 12.0 Å². The smallest absolute Gasteiger partial charge is 0.258 e. The van der Waals surface area contributed by atoms with E-state index in [-0.39, 0.29) is 5.91 Å². The summed E-state index contributed by atoms with van der Waals surface area (Å²) in [5.41, 5.74) is 7.58. The summed E-state index contributed by atoms with van der Waals surface area (Å²) in [6.45, 7) is 4.50. The van der Waals surface area contributed by atoms with Gasteiger partial charge in [0.25, 0.3) is 5.91 Å². The number of rotatable bonds is 5. The number of aryl methyl sites for hydroxylation is 1. The number of benzene rings is 1. The van der Waals surface area contributed by atoms with Crippen LogP contribution in [0.3, 0.4) is 0 Å². The van der Waals surface area contributed by atoms with Gasteiger partial charge in [0.2, 0.25) is 0 Å². The first-order valence-electron chi connectivity index (χ1n) is 7.00. The first kappa shape index (κ1) is 15.0. The summed E-state index contributed by atoms with van der Waals surface area (Å²) in [5, 5.41) is 0. The molecule has 20 heavy (non-hydrogen) atoms. The molecule has 2 N–H and O–H groups in total. The third-order valence-corrected chi connectivity index (χ3v) is 3.26. The van der Waals surface area contributed by atoms with Crippen molar-refractivity contribution >= 4 is 11.6 Å². The van der Waals surface area contributed by atoms with Gasteiger partial charge in [-0.3, -0.25) is 4.79 Å². The Bertz CT molecular complexity index is 444. The molecule has 1 atom stereocenters. The van der Waals surface area contributed by atoms with Crippen LogP contribution in [0.2, 0.25) is 0 Å². The molecule has 5 nitrogen and oxygen atoms in total. The third kappa shape index (κ3) is 3.79. The zero-order valence-electron chi connectivity index (χ0n) is 11.9. The molecule has 1 aromatic rings. The highest BCUT2D eigenvalue weighted by Gasteiger charge is 2.28. The minimum absolute atomic E-state index is 0.0521. The maximum absolute atomic E-state index is 12.6. The molecule has 110 valence electrons.